The summed E-state index contributed by atoms with van der Waals surface area (Å²) in [7, 11) is 0. The summed E-state index contributed by atoms with van der Waals surface area (Å²) in [5.74, 6) is -15.3. The van der Waals surface area contributed by atoms with Gasteiger partial charge in [-0.15, -0.1) is 0 Å². The van der Waals surface area contributed by atoms with Gasteiger partial charge >= 0.3 is 11.9 Å². The van der Waals surface area contributed by atoms with Gasteiger partial charge in [0.2, 0.25) is 70.9 Å². The minimum atomic E-state index is -1.94. The van der Waals surface area contributed by atoms with E-state index in [1.165, 1.54) is 24.3 Å². The highest BCUT2D eigenvalue weighted by atomic mass is 32.2. The highest BCUT2D eigenvalue weighted by Gasteiger charge is 2.40. The summed E-state index contributed by atoms with van der Waals surface area (Å²) < 4.78 is 0. The van der Waals surface area contributed by atoms with Gasteiger partial charge in [-0.05, 0) is 87.1 Å². The van der Waals surface area contributed by atoms with E-state index in [1.54, 1.807) is 58.0 Å². The van der Waals surface area contributed by atoms with E-state index in [9.17, 15) is 77.3 Å². The number of aliphatic imine (C=N–C) groups is 1. The predicted molar refractivity (Wildman–Crippen MR) is 374 cm³/mol. The van der Waals surface area contributed by atoms with Crippen LogP contribution >= 0.6 is 11.8 Å². The Hall–Kier alpha value is -9.05. The van der Waals surface area contributed by atoms with E-state index in [2.05, 4.69) is 73.4 Å². The number of benzene rings is 1. The molecule has 560 valence electrons. The van der Waals surface area contributed by atoms with Gasteiger partial charge in [-0.1, -0.05) is 117 Å². The average molecular weight is 1440 g/mol. The van der Waals surface area contributed by atoms with Crippen molar-refractivity contribution in [3.05, 3.63) is 54.1 Å². The Bertz CT molecular complexity index is 3180. The Morgan fingerprint density at radius 1 is 0.644 bits per heavy atom. The van der Waals surface area contributed by atoms with E-state index in [1.807, 2.05) is 27.7 Å². The third kappa shape index (κ3) is 28.5. The minimum Gasteiger partial charge on any atom is -0.481 e. The number of primary amides is 1. The Balaban J connectivity index is 1.77. The van der Waals surface area contributed by atoms with E-state index >= 15 is 0 Å². The maximum absolute atomic E-state index is 14.9. The molecule has 20 N–H and O–H groups in total. The normalized spacial score (nSPS) is 23.0. The summed E-state index contributed by atoms with van der Waals surface area (Å²) in [6.45, 7) is 14.5. The van der Waals surface area contributed by atoms with Crippen LogP contribution in [0.5, 0.6) is 0 Å². The lowest BCUT2D eigenvalue weighted by Crippen LogP contribution is -2.62. The van der Waals surface area contributed by atoms with Crippen LogP contribution in [0.4, 0.5) is 0 Å². The van der Waals surface area contributed by atoms with Crippen molar-refractivity contribution in [2.24, 2.45) is 45.9 Å². The second kappa shape index (κ2) is 42.9. The molecule has 12 amide bonds. The van der Waals surface area contributed by atoms with Crippen molar-refractivity contribution in [3.63, 3.8) is 0 Å². The number of nitrogens with zero attached hydrogens (tertiary/aromatic N) is 2. The second-order valence-corrected chi connectivity index (χ2v) is 27.5. The summed E-state index contributed by atoms with van der Waals surface area (Å²) >= 11 is 1.21. The maximum Gasteiger partial charge on any atom is 0.305 e. The van der Waals surface area contributed by atoms with Gasteiger partial charge in [0.15, 0.2) is 0 Å². The molecule has 1 fully saturated rings. The number of aromatic amines is 1. The number of hydrogen-bond acceptors (Lipinski definition) is 19. The number of amides is 12. The van der Waals surface area contributed by atoms with Gasteiger partial charge in [0.25, 0.3) is 0 Å². The first-order valence-electron chi connectivity index (χ1n) is 34.6. The molecule has 3 heterocycles. The molecule has 0 spiro atoms. The van der Waals surface area contributed by atoms with Crippen LogP contribution in [0.1, 0.15) is 157 Å². The van der Waals surface area contributed by atoms with Crippen molar-refractivity contribution in [3.8, 4) is 0 Å². The van der Waals surface area contributed by atoms with Gasteiger partial charge in [-0.25, -0.2) is 4.98 Å². The third-order valence-electron chi connectivity index (χ3n) is 17.8. The first kappa shape index (κ1) is 84.4. The highest BCUT2D eigenvalue weighted by Crippen LogP contribution is 2.27. The number of carboxylic acids is 2. The Labute approximate surface area is 592 Å². The van der Waals surface area contributed by atoms with E-state index in [0.717, 1.165) is 6.42 Å². The van der Waals surface area contributed by atoms with Crippen LogP contribution in [0.3, 0.4) is 0 Å². The molecule has 4 unspecified atom stereocenters. The van der Waals surface area contributed by atoms with Crippen molar-refractivity contribution in [1.82, 2.24) is 68.5 Å². The number of carboxylic acid groups (broad SMARTS) is 2. The summed E-state index contributed by atoms with van der Waals surface area (Å²) in [4.78, 5) is 207. The molecular formula is C67H105N17O16S. The number of aromatic nitrogens is 2. The summed E-state index contributed by atoms with van der Waals surface area (Å²) in [6.07, 6.45) is 0.880. The van der Waals surface area contributed by atoms with Gasteiger partial charge in [-0.3, -0.25) is 72.1 Å². The second-order valence-electron chi connectivity index (χ2n) is 26.3. The Morgan fingerprint density at radius 2 is 1.24 bits per heavy atom. The van der Waals surface area contributed by atoms with Crippen LogP contribution < -0.4 is 75.7 Å². The number of H-pyrrole nitrogens is 1. The number of imidazole rings is 1. The van der Waals surface area contributed by atoms with Gasteiger partial charge in [-0.2, -0.15) is 0 Å². The minimum absolute atomic E-state index is 0.00212. The van der Waals surface area contributed by atoms with Crippen LogP contribution in [0.25, 0.3) is 0 Å². The molecule has 2 aliphatic rings. The van der Waals surface area contributed by atoms with E-state index in [4.69, 9.17) is 17.2 Å². The van der Waals surface area contributed by atoms with Crippen molar-refractivity contribution in [1.29, 1.82) is 0 Å². The van der Waals surface area contributed by atoms with Crippen LogP contribution in [-0.2, 0) is 80.0 Å². The van der Waals surface area contributed by atoms with Crippen LogP contribution in [0, 0.1) is 23.7 Å². The topological polar surface area (TPSA) is 531 Å². The molecule has 0 radical (unpaired) electrons. The molecule has 0 bridgehead atoms. The number of hydrogen-bond donors (Lipinski definition) is 17. The smallest absolute Gasteiger partial charge is 0.305 e. The summed E-state index contributed by atoms with van der Waals surface area (Å²) in [6, 6.07) is -7.43. The molecule has 15 atom stereocenters. The van der Waals surface area contributed by atoms with E-state index < -0.39 is 192 Å². The quantitative estimate of drug-likeness (QED) is 0.0405. The predicted octanol–water partition coefficient (Wildman–Crippen LogP) is -1.29. The number of carbonyl (C=O) groups excluding carboxylic acids is 12. The fourth-order valence-electron chi connectivity index (χ4n) is 10.9. The van der Waals surface area contributed by atoms with E-state index in [-0.39, 0.29) is 95.7 Å². The molecule has 2 aliphatic heterocycles. The third-order valence-corrected chi connectivity index (χ3v) is 19.1. The maximum atomic E-state index is 14.9. The summed E-state index contributed by atoms with van der Waals surface area (Å²) in [5, 5.41) is 48.5. The Kier molecular flexibility index (Phi) is 35.8. The molecule has 101 heavy (non-hydrogen) atoms. The first-order chi connectivity index (χ1) is 47.9. The zero-order valence-electron chi connectivity index (χ0n) is 58.9. The molecule has 34 heteroatoms. The van der Waals surface area contributed by atoms with Crippen LogP contribution in [0.15, 0.2) is 47.8 Å². The molecule has 0 saturated carbocycles. The monoisotopic (exact) mass is 1440 g/mol. The lowest BCUT2D eigenvalue weighted by atomic mass is 9.96. The standard InChI is InChI=1S/C67H105N17O16S/c1-9-36(6)53(70)67-73-33-49(101-67)64(98)77-43(23-22-35(4)5)58(92)76-44(24-25-51(86)87)60(94)84-54(37(7)10-2)65(99)78-41-20-15-16-27-72-56(90)47(30-50(69)85)80-63(97)48(31-52(88)89)81-62(96)46(29-40-32-71-34-74-40)79-61(95)45(28-39-18-13-12-14-19-39)82-66(100)55(38(8)11-3)83-59(93)42(21-17-26-68)75-57(41)91/h12-14,18-19,32,34-38,41-49,53-55H,9-11,15-17,20-31,33,68,70H2,1-8H3,(H2,69,85)(H,71,74)(H,72,90)(H,75,91)(H,76,92)(H,77,98)(H,78,99)(H,79,95)(H,80,97)(H,81,96)(H,82,100)(H,83,93)(H,84,94)(H,86,87)(H,88,89)/t36?,37?,38?,41-,42+,43-,44+,45-,46-,47-,48+,49?,53+,54-,55-/m0/s1. The number of nitrogens with two attached hydrogens (primary N) is 3. The number of rotatable bonds is 32. The van der Waals surface area contributed by atoms with Gasteiger partial charge in [0, 0.05) is 37.7 Å². The molecular weight excluding hydrogens is 1330 g/mol. The zero-order chi connectivity index (χ0) is 75.0. The van der Waals surface area contributed by atoms with Crippen molar-refractivity contribution >= 4 is 99.6 Å². The van der Waals surface area contributed by atoms with Gasteiger partial charge in [0.1, 0.15) is 65.7 Å². The molecule has 4 rings (SSSR count). The molecule has 1 aromatic carbocycles. The fraction of sp³-hybridized carbons (Fsp3) is 0.642. The molecule has 1 aromatic heterocycles. The lowest BCUT2D eigenvalue weighted by Gasteiger charge is -2.30. The largest absolute Gasteiger partial charge is 0.481 e. The van der Waals surface area contributed by atoms with Crippen molar-refractivity contribution in [2.75, 3.05) is 19.6 Å². The molecule has 2 aromatic rings. The Morgan fingerprint density at radius 3 is 1.83 bits per heavy atom. The number of thioether (sulfide) groups is 1. The van der Waals surface area contributed by atoms with Crippen LogP contribution in [-0.4, -0.2) is 199 Å². The average Bonchev–Trinajstić information content (AvgIpc) is 1.37. The summed E-state index contributed by atoms with van der Waals surface area (Å²) in [5.41, 5.74) is 18.7. The zero-order valence-corrected chi connectivity index (χ0v) is 59.7. The molecule has 33 nitrogen and oxygen atoms in total. The van der Waals surface area contributed by atoms with Crippen molar-refractivity contribution < 1.29 is 77.3 Å². The molecule has 0 aliphatic carbocycles. The first-order valence-corrected chi connectivity index (χ1v) is 35.5. The number of aliphatic carboxylic acids is 2. The van der Waals surface area contributed by atoms with Gasteiger partial charge in [0.05, 0.1) is 36.8 Å². The molecule has 1 saturated heterocycles. The number of carbonyl (C=O) groups is 14. The highest BCUT2D eigenvalue weighted by molar-refractivity contribution is 8.15. The van der Waals surface area contributed by atoms with Crippen molar-refractivity contribution in [2.45, 2.75) is 230 Å². The number of nitrogens with one attached hydrogen (secondary N) is 12. The van der Waals surface area contributed by atoms with Crippen LogP contribution in [0.2, 0.25) is 0 Å². The van der Waals surface area contributed by atoms with E-state index in [0.29, 0.717) is 22.7 Å². The SMILES string of the molecule is CCC(C)[C@@H]1NC(=O)[C@@H](CCCN)NC(=O)[C@@H](NC(=O)[C@@H](NC(=O)[C@@H](CCC(=O)O)NC(=O)[C@H](CCC(C)C)NC(=O)C2CN=C([C@H](N)C(C)CC)S2)C(C)CC)CCCCNC(=O)[C@H](CC(N)=O)NC(=O)[C@@H](CC(=O)O)NC(=O)[C@H](Cc2cnc[nH]2)NC(=O)[C@H](Cc2ccccc2)NC1=O. The van der Waals surface area contributed by atoms with Gasteiger partial charge < -0.3 is 90.9 Å². The lowest BCUT2D eigenvalue weighted by molar-refractivity contribution is -0.142. The fourth-order valence-corrected chi connectivity index (χ4v) is 12.1.